The highest BCUT2D eigenvalue weighted by Gasteiger charge is 2.74. The molecule has 0 aromatic heterocycles. The molecule has 0 aliphatic carbocycles. The summed E-state index contributed by atoms with van der Waals surface area (Å²) in [4.78, 5) is 45.1. The van der Waals surface area contributed by atoms with Gasteiger partial charge in [0.15, 0.2) is 0 Å². The van der Waals surface area contributed by atoms with E-state index in [2.05, 4.69) is 10.2 Å². The van der Waals surface area contributed by atoms with Gasteiger partial charge in [0, 0.05) is 11.6 Å². The lowest BCUT2D eigenvalue weighted by atomic mass is 9.75. The van der Waals surface area contributed by atoms with Crippen LogP contribution in [0.25, 0.3) is 0 Å². The molecule has 164 valence electrons. The lowest BCUT2D eigenvalue weighted by Crippen LogP contribution is -2.54. The zero-order valence-electron chi connectivity index (χ0n) is 18.2. The Hall–Kier alpha value is -2.70. The largest absolute Gasteiger partial charge is 0.323 e. The Morgan fingerprint density at radius 2 is 1.88 bits per heavy atom. The molecule has 6 nitrogen and oxygen atoms in total. The number of carbonyl (C=O) groups is 3. The SMILES string of the molecule is Cc1cc(Cl)c2c(c1)[C@]1(C(=O)N2)[C@@H]2C(=O)N(c3cccc(C)c3C)C(=O)[C@@H]2[C@H]2CCCN21. The Labute approximate surface area is 191 Å². The lowest BCUT2D eigenvalue weighted by molar-refractivity contribution is -0.135. The third kappa shape index (κ3) is 2.17. The molecule has 0 bridgehead atoms. The minimum Gasteiger partial charge on any atom is -0.323 e. The maximum absolute atomic E-state index is 14.0. The molecule has 7 heteroatoms. The molecule has 2 aromatic rings. The highest BCUT2D eigenvalue weighted by molar-refractivity contribution is 6.35. The number of nitrogens with one attached hydrogen (secondary N) is 1. The van der Waals surface area contributed by atoms with Crippen LogP contribution in [0.2, 0.25) is 5.02 Å². The average molecular weight is 450 g/mol. The van der Waals surface area contributed by atoms with Gasteiger partial charge in [-0.25, -0.2) is 4.90 Å². The van der Waals surface area contributed by atoms with Gasteiger partial charge in [0.2, 0.25) is 11.8 Å². The van der Waals surface area contributed by atoms with Crippen molar-refractivity contribution in [3.8, 4) is 0 Å². The van der Waals surface area contributed by atoms with Gasteiger partial charge in [-0.3, -0.25) is 19.3 Å². The van der Waals surface area contributed by atoms with Crippen molar-refractivity contribution in [1.29, 1.82) is 0 Å². The number of anilines is 2. The number of amides is 3. The fourth-order valence-corrected chi connectivity index (χ4v) is 6.93. The molecule has 6 rings (SSSR count). The normalized spacial score (nSPS) is 30.8. The number of rotatable bonds is 1. The molecule has 3 fully saturated rings. The van der Waals surface area contributed by atoms with Crippen molar-refractivity contribution in [3.05, 3.63) is 57.6 Å². The van der Waals surface area contributed by atoms with Crippen molar-refractivity contribution < 1.29 is 14.4 Å². The summed E-state index contributed by atoms with van der Waals surface area (Å²) in [6.45, 7) is 6.51. The van der Waals surface area contributed by atoms with Crippen molar-refractivity contribution >= 4 is 40.7 Å². The van der Waals surface area contributed by atoms with Crippen molar-refractivity contribution in [3.63, 3.8) is 0 Å². The first-order valence-electron chi connectivity index (χ1n) is 11.1. The van der Waals surface area contributed by atoms with Crippen LogP contribution in [0.1, 0.15) is 35.1 Å². The van der Waals surface area contributed by atoms with E-state index in [1.54, 1.807) is 0 Å². The van der Waals surface area contributed by atoms with E-state index >= 15 is 0 Å². The first-order valence-corrected chi connectivity index (χ1v) is 11.5. The van der Waals surface area contributed by atoms with E-state index in [-0.39, 0.29) is 23.8 Å². The Balaban J connectivity index is 1.59. The van der Waals surface area contributed by atoms with Gasteiger partial charge in [0.05, 0.1) is 28.2 Å². The van der Waals surface area contributed by atoms with E-state index in [4.69, 9.17) is 11.6 Å². The second kappa shape index (κ2) is 6.42. The molecule has 0 radical (unpaired) electrons. The standard InChI is InChI=1S/C25H24ClN3O3/c1-12-10-15-21(16(26)11-12)27-24(32)25(15)20-19(18-8-5-9-28(18)25)22(30)29(23(20)31)17-7-4-6-13(2)14(17)3/h4,6-7,10-11,18-20H,5,8-9H2,1-3H3,(H,27,32)/t18-,19-,20+,25-/m1/s1. The topological polar surface area (TPSA) is 69.7 Å². The average Bonchev–Trinajstić information content (AvgIpc) is 3.44. The predicted octanol–water partition coefficient (Wildman–Crippen LogP) is 3.70. The number of halogens is 1. The molecule has 4 heterocycles. The second-order valence-electron chi connectivity index (χ2n) is 9.53. The Morgan fingerprint density at radius 1 is 1.09 bits per heavy atom. The summed E-state index contributed by atoms with van der Waals surface area (Å²) >= 11 is 6.52. The van der Waals surface area contributed by atoms with Crippen molar-refractivity contribution in [1.82, 2.24) is 4.90 Å². The molecular weight excluding hydrogens is 426 g/mol. The number of imide groups is 1. The highest BCUT2D eigenvalue weighted by Crippen LogP contribution is 2.61. The van der Waals surface area contributed by atoms with E-state index in [1.165, 1.54) is 4.90 Å². The molecular formula is C25H24ClN3O3. The van der Waals surface area contributed by atoms with Gasteiger partial charge < -0.3 is 5.32 Å². The van der Waals surface area contributed by atoms with Crippen molar-refractivity contribution in [2.24, 2.45) is 11.8 Å². The van der Waals surface area contributed by atoms with E-state index in [9.17, 15) is 14.4 Å². The summed E-state index contributed by atoms with van der Waals surface area (Å²) in [6.07, 6.45) is 1.69. The highest BCUT2D eigenvalue weighted by atomic mass is 35.5. The van der Waals surface area contributed by atoms with Gasteiger partial charge >= 0.3 is 0 Å². The van der Waals surface area contributed by atoms with Gasteiger partial charge in [-0.05, 0) is 69.0 Å². The van der Waals surface area contributed by atoms with Crippen LogP contribution in [-0.4, -0.2) is 35.2 Å². The van der Waals surface area contributed by atoms with Crippen LogP contribution in [-0.2, 0) is 19.9 Å². The second-order valence-corrected chi connectivity index (χ2v) is 9.93. The fourth-order valence-electron chi connectivity index (χ4n) is 6.61. The molecule has 0 unspecified atom stereocenters. The van der Waals surface area contributed by atoms with Crippen LogP contribution < -0.4 is 10.2 Å². The molecule has 32 heavy (non-hydrogen) atoms. The Kier molecular flexibility index (Phi) is 4.00. The van der Waals surface area contributed by atoms with Crippen LogP contribution in [0.3, 0.4) is 0 Å². The number of hydrogen-bond acceptors (Lipinski definition) is 4. The third-order valence-corrected chi connectivity index (χ3v) is 8.31. The molecule has 1 spiro atoms. The van der Waals surface area contributed by atoms with Gasteiger partial charge in [0.25, 0.3) is 5.91 Å². The van der Waals surface area contributed by atoms with Gasteiger partial charge in [-0.15, -0.1) is 0 Å². The monoisotopic (exact) mass is 449 g/mol. The summed E-state index contributed by atoms with van der Waals surface area (Å²) in [6, 6.07) is 9.29. The molecule has 1 N–H and O–H groups in total. The minimum absolute atomic E-state index is 0.137. The summed E-state index contributed by atoms with van der Waals surface area (Å²) in [5.41, 5.74) is 3.57. The number of benzene rings is 2. The van der Waals surface area contributed by atoms with E-state index in [1.807, 2.05) is 51.1 Å². The summed E-state index contributed by atoms with van der Waals surface area (Å²) in [5.74, 6) is -2.03. The van der Waals surface area contributed by atoms with E-state index in [0.717, 1.165) is 35.1 Å². The van der Waals surface area contributed by atoms with Crippen LogP contribution >= 0.6 is 11.6 Å². The molecule has 4 atom stereocenters. The maximum atomic E-state index is 14.0. The zero-order valence-corrected chi connectivity index (χ0v) is 19.0. The summed E-state index contributed by atoms with van der Waals surface area (Å²) in [7, 11) is 0. The number of aryl methyl sites for hydroxylation is 2. The quantitative estimate of drug-likeness (QED) is 0.674. The van der Waals surface area contributed by atoms with E-state index in [0.29, 0.717) is 22.9 Å². The van der Waals surface area contributed by atoms with Gasteiger partial charge in [0.1, 0.15) is 5.54 Å². The van der Waals surface area contributed by atoms with Crippen LogP contribution in [0.4, 0.5) is 11.4 Å². The van der Waals surface area contributed by atoms with Gasteiger partial charge in [-0.2, -0.15) is 0 Å². The zero-order chi connectivity index (χ0) is 22.5. The molecule has 2 aromatic carbocycles. The van der Waals surface area contributed by atoms with Crippen molar-refractivity contribution in [2.45, 2.75) is 45.2 Å². The number of carbonyl (C=O) groups excluding carboxylic acids is 3. The number of nitrogens with zero attached hydrogens (tertiary/aromatic N) is 2. The predicted molar refractivity (Wildman–Crippen MR) is 122 cm³/mol. The first-order chi connectivity index (χ1) is 15.3. The summed E-state index contributed by atoms with van der Waals surface area (Å²) < 4.78 is 0. The first kappa shape index (κ1) is 19.9. The fraction of sp³-hybridized carbons (Fsp3) is 0.400. The molecule has 4 aliphatic heterocycles. The third-order valence-electron chi connectivity index (χ3n) is 8.01. The number of fused-ring (bicyclic) bond motifs is 7. The van der Waals surface area contributed by atoms with Crippen LogP contribution in [0, 0.1) is 32.6 Å². The van der Waals surface area contributed by atoms with Gasteiger partial charge in [-0.1, -0.05) is 29.8 Å². The van der Waals surface area contributed by atoms with Crippen LogP contribution in [0.15, 0.2) is 30.3 Å². The minimum atomic E-state index is -1.20. The Morgan fingerprint density at radius 3 is 2.66 bits per heavy atom. The summed E-state index contributed by atoms with van der Waals surface area (Å²) in [5, 5.41) is 3.43. The van der Waals surface area contributed by atoms with E-state index < -0.39 is 17.4 Å². The molecule has 4 aliphatic rings. The smallest absolute Gasteiger partial charge is 0.250 e. The maximum Gasteiger partial charge on any atom is 0.250 e. The van der Waals surface area contributed by atoms with Crippen molar-refractivity contribution in [2.75, 3.05) is 16.8 Å². The Bertz CT molecular complexity index is 1240. The lowest BCUT2D eigenvalue weighted by Gasteiger charge is -2.37. The van der Waals surface area contributed by atoms with Crippen LogP contribution in [0.5, 0.6) is 0 Å². The molecule has 3 amide bonds. The molecule has 0 saturated carbocycles. The number of hydrogen-bond donors (Lipinski definition) is 1. The molecule has 3 saturated heterocycles.